The minimum absolute atomic E-state index is 0.117. The summed E-state index contributed by atoms with van der Waals surface area (Å²) in [6, 6.07) is 15.2. The number of nitrogens with zero attached hydrogens (tertiary/aromatic N) is 1. The molecule has 3 aromatic carbocycles. The first-order valence-corrected chi connectivity index (χ1v) is 11.4. The van der Waals surface area contributed by atoms with E-state index in [1.807, 2.05) is 6.07 Å². The van der Waals surface area contributed by atoms with Crippen molar-refractivity contribution in [1.82, 2.24) is 0 Å². The number of benzene rings is 3. The molecule has 1 N–H and O–H groups in total. The summed E-state index contributed by atoms with van der Waals surface area (Å²) in [6.45, 7) is 1.94. The predicted octanol–water partition coefficient (Wildman–Crippen LogP) is 7.74. The fraction of sp³-hybridized carbons (Fsp3) is 0.120. The van der Waals surface area contributed by atoms with Gasteiger partial charge in [0.1, 0.15) is 18.2 Å². The van der Waals surface area contributed by atoms with E-state index in [2.05, 4.69) is 5.32 Å². The van der Waals surface area contributed by atoms with Gasteiger partial charge in [-0.05, 0) is 66.6 Å². The molecule has 3 rings (SSSR count). The van der Waals surface area contributed by atoms with Crippen LogP contribution in [0.5, 0.6) is 11.5 Å². The molecule has 34 heavy (non-hydrogen) atoms. The summed E-state index contributed by atoms with van der Waals surface area (Å²) in [4.78, 5) is 12.7. The van der Waals surface area contributed by atoms with Gasteiger partial charge in [-0.25, -0.2) is 0 Å². The van der Waals surface area contributed by atoms with Crippen LogP contribution in [0.3, 0.4) is 0 Å². The van der Waals surface area contributed by atoms with Crippen LogP contribution in [0.15, 0.2) is 54.1 Å². The van der Waals surface area contributed by atoms with Gasteiger partial charge in [0.15, 0.2) is 11.5 Å². The molecule has 9 heteroatoms. The number of rotatable bonds is 7. The van der Waals surface area contributed by atoms with Crippen molar-refractivity contribution in [2.75, 3.05) is 12.4 Å². The zero-order chi connectivity index (χ0) is 24.8. The Morgan fingerprint density at radius 3 is 2.38 bits per heavy atom. The quantitative estimate of drug-likeness (QED) is 0.248. The number of methoxy groups -OCH3 is 1. The van der Waals surface area contributed by atoms with Crippen molar-refractivity contribution in [3.63, 3.8) is 0 Å². The lowest BCUT2D eigenvalue weighted by atomic mass is 10.1. The number of halogens is 4. The molecule has 1 amide bonds. The van der Waals surface area contributed by atoms with Gasteiger partial charge in [0.2, 0.25) is 0 Å². The van der Waals surface area contributed by atoms with Crippen LogP contribution in [0.1, 0.15) is 16.7 Å². The van der Waals surface area contributed by atoms with Gasteiger partial charge >= 0.3 is 0 Å². The smallest absolute Gasteiger partial charge is 0.266 e. The Hall–Kier alpha value is -2.88. The highest BCUT2D eigenvalue weighted by Crippen LogP contribution is 2.38. The van der Waals surface area contributed by atoms with Gasteiger partial charge in [0.25, 0.3) is 5.91 Å². The maximum absolute atomic E-state index is 12.7. The first kappa shape index (κ1) is 25.7. The Bertz CT molecular complexity index is 1320. The van der Waals surface area contributed by atoms with E-state index in [-0.39, 0.29) is 17.2 Å². The number of nitriles is 1. The Balaban J connectivity index is 1.83. The van der Waals surface area contributed by atoms with E-state index in [9.17, 15) is 10.1 Å². The SMILES string of the molecule is COc1cc(/C=C(\C#N)C(=O)Nc2ccc(Cl)cc2C)cc(Cl)c1OCc1ccc(Cl)cc1Cl. The second kappa shape index (κ2) is 11.5. The monoisotopic (exact) mass is 534 g/mol. The molecule has 0 spiro atoms. The number of amides is 1. The molecule has 0 atom stereocenters. The van der Waals surface area contributed by atoms with Gasteiger partial charge in [-0.1, -0.05) is 52.5 Å². The minimum Gasteiger partial charge on any atom is -0.493 e. The number of nitrogens with one attached hydrogen (secondary N) is 1. The van der Waals surface area contributed by atoms with E-state index < -0.39 is 5.91 Å². The van der Waals surface area contributed by atoms with Crippen LogP contribution in [0, 0.1) is 18.3 Å². The molecular formula is C25H18Cl4N2O3. The van der Waals surface area contributed by atoms with Gasteiger partial charge in [-0.2, -0.15) is 5.26 Å². The lowest BCUT2D eigenvalue weighted by molar-refractivity contribution is -0.112. The number of ether oxygens (including phenoxy) is 2. The third kappa shape index (κ3) is 6.37. The van der Waals surface area contributed by atoms with E-state index in [0.29, 0.717) is 43.4 Å². The molecule has 0 aliphatic carbocycles. The third-order valence-electron chi connectivity index (χ3n) is 4.75. The molecule has 0 saturated carbocycles. The maximum atomic E-state index is 12.7. The molecular weight excluding hydrogens is 518 g/mol. The standard InChI is InChI=1S/C25H18Cl4N2O3/c1-14-7-18(26)5-6-22(14)31-25(32)17(12-30)8-15-9-21(29)24(23(10-15)33-2)34-13-16-3-4-19(27)11-20(16)28/h3-11H,13H2,1-2H3,(H,31,32)/b17-8+. The van der Waals surface area contributed by atoms with E-state index >= 15 is 0 Å². The largest absolute Gasteiger partial charge is 0.493 e. The van der Waals surface area contributed by atoms with Gasteiger partial charge in [0, 0.05) is 26.3 Å². The molecule has 0 aliphatic rings. The summed E-state index contributed by atoms with van der Waals surface area (Å²) in [5, 5.41) is 14.0. The summed E-state index contributed by atoms with van der Waals surface area (Å²) >= 11 is 24.5. The molecule has 174 valence electrons. The normalized spacial score (nSPS) is 11.0. The fourth-order valence-corrected chi connectivity index (χ4v) is 3.99. The molecule has 5 nitrogen and oxygen atoms in total. The molecule has 0 unspecified atom stereocenters. The highest BCUT2D eigenvalue weighted by molar-refractivity contribution is 6.35. The summed E-state index contributed by atoms with van der Waals surface area (Å²) < 4.78 is 11.3. The van der Waals surface area contributed by atoms with Crippen LogP contribution in [-0.2, 0) is 11.4 Å². The summed E-state index contributed by atoms with van der Waals surface area (Å²) in [5.74, 6) is 0.0582. The van der Waals surface area contributed by atoms with Gasteiger partial charge in [0.05, 0.1) is 12.1 Å². The Kier molecular flexibility index (Phi) is 8.71. The molecule has 0 aromatic heterocycles. The maximum Gasteiger partial charge on any atom is 0.266 e. The summed E-state index contributed by atoms with van der Waals surface area (Å²) in [6.07, 6.45) is 1.41. The zero-order valence-corrected chi connectivity index (χ0v) is 21.1. The average Bonchev–Trinajstić information content (AvgIpc) is 2.79. The average molecular weight is 536 g/mol. The van der Waals surface area contributed by atoms with Crippen molar-refractivity contribution in [2.45, 2.75) is 13.5 Å². The summed E-state index contributed by atoms with van der Waals surface area (Å²) in [7, 11) is 1.46. The number of hydrogen-bond acceptors (Lipinski definition) is 4. The predicted molar refractivity (Wildman–Crippen MR) is 137 cm³/mol. The van der Waals surface area contributed by atoms with Crippen molar-refractivity contribution in [3.8, 4) is 17.6 Å². The van der Waals surface area contributed by atoms with Gasteiger partial charge < -0.3 is 14.8 Å². The van der Waals surface area contributed by atoms with Crippen LogP contribution < -0.4 is 14.8 Å². The molecule has 0 saturated heterocycles. The molecule has 0 aliphatic heterocycles. The third-order valence-corrected chi connectivity index (χ3v) is 5.85. The fourth-order valence-electron chi connectivity index (χ4n) is 3.02. The number of carbonyl (C=O) groups excluding carboxylic acids is 1. The lowest BCUT2D eigenvalue weighted by Crippen LogP contribution is -2.14. The van der Waals surface area contributed by atoms with Gasteiger partial charge in [-0.3, -0.25) is 4.79 Å². The second-order valence-corrected chi connectivity index (χ2v) is 8.83. The Labute approximate surface area is 217 Å². The highest BCUT2D eigenvalue weighted by atomic mass is 35.5. The van der Waals surface area contributed by atoms with Crippen LogP contribution >= 0.6 is 46.4 Å². The summed E-state index contributed by atoms with van der Waals surface area (Å²) in [5.41, 5.74) is 2.40. The van der Waals surface area contributed by atoms with Crippen molar-refractivity contribution >= 4 is 64.1 Å². The van der Waals surface area contributed by atoms with E-state index in [4.69, 9.17) is 55.9 Å². The first-order chi connectivity index (χ1) is 16.2. The zero-order valence-electron chi connectivity index (χ0n) is 18.1. The number of aryl methyl sites for hydroxylation is 1. The van der Waals surface area contributed by atoms with Crippen LogP contribution in [0.4, 0.5) is 5.69 Å². The molecule has 0 fully saturated rings. The highest BCUT2D eigenvalue weighted by Gasteiger charge is 2.16. The van der Waals surface area contributed by atoms with E-state index in [1.54, 1.807) is 55.5 Å². The Morgan fingerprint density at radius 1 is 1.03 bits per heavy atom. The molecule has 3 aromatic rings. The first-order valence-electron chi connectivity index (χ1n) is 9.85. The molecule has 0 heterocycles. The number of hydrogen-bond donors (Lipinski definition) is 1. The van der Waals surface area contributed by atoms with E-state index in [0.717, 1.165) is 5.56 Å². The Morgan fingerprint density at radius 2 is 1.74 bits per heavy atom. The van der Waals surface area contributed by atoms with Crippen molar-refractivity contribution in [2.24, 2.45) is 0 Å². The van der Waals surface area contributed by atoms with E-state index in [1.165, 1.54) is 13.2 Å². The van der Waals surface area contributed by atoms with Crippen molar-refractivity contribution in [1.29, 1.82) is 5.26 Å². The van der Waals surface area contributed by atoms with Gasteiger partial charge in [-0.15, -0.1) is 0 Å². The van der Waals surface area contributed by atoms with Crippen molar-refractivity contribution in [3.05, 3.63) is 90.9 Å². The molecule has 0 radical (unpaired) electrons. The second-order valence-electron chi connectivity index (χ2n) is 7.14. The molecule has 0 bridgehead atoms. The van der Waals surface area contributed by atoms with Crippen LogP contribution in [0.2, 0.25) is 20.1 Å². The topological polar surface area (TPSA) is 71.3 Å². The number of anilines is 1. The van der Waals surface area contributed by atoms with Crippen LogP contribution in [0.25, 0.3) is 6.08 Å². The number of carbonyl (C=O) groups is 1. The lowest BCUT2D eigenvalue weighted by Gasteiger charge is -2.14. The van der Waals surface area contributed by atoms with Crippen LogP contribution in [-0.4, -0.2) is 13.0 Å². The van der Waals surface area contributed by atoms with Crippen molar-refractivity contribution < 1.29 is 14.3 Å². The minimum atomic E-state index is -0.569.